The van der Waals surface area contributed by atoms with Crippen LogP contribution in [0.5, 0.6) is 0 Å². The zero-order chi connectivity index (χ0) is 8.41. The molecule has 0 aromatic rings. The highest BCUT2D eigenvalue weighted by atomic mass is 79.9. The Labute approximate surface area is 70.2 Å². The van der Waals surface area contributed by atoms with Gasteiger partial charge in [-0.15, -0.1) is 0 Å². The fourth-order valence-corrected chi connectivity index (χ4v) is 0.562. The Morgan fingerprint density at radius 2 is 1.80 bits per heavy atom. The largest absolute Gasteiger partial charge is 0.352 e. The molecule has 0 saturated carbocycles. The fourth-order valence-electron chi connectivity index (χ4n) is 0.304. The number of alkyl halides is 5. The highest BCUT2D eigenvalue weighted by molar-refractivity contribution is 9.10. The summed E-state index contributed by atoms with van der Waals surface area (Å²) in [6.07, 6.45) is 1.69. The molecule has 0 aliphatic rings. The normalized spacial score (nSPS) is 19.4. The smallest absolute Gasteiger partial charge is 0.214 e. The van der Waals surface area contributed by atoms with Crippen molar-refractivity contribution in [2.45, 2.75) is 16.9 Å². The van der Waals surface area contributed by atoms with Crippen LogP contribution in [0.4, 0.5) is 13.2 Å². The molecule has 0 aliphatic carbocycles. The van der Waals surface area contributed by atoms with Crippen LogP contribution in [-0.4, -0.2) is 9.96 Å². The van der Waals surface area contributed by atoms with Crippen molar-refractivity contribution in [1.82, 2.24) is 0 Å². The lowest BCUT2D eigenvalue weighted by molar-refractivity contribution is 0.0218. The molecule has 0 nitrogen and oxygen atoms in total. The maximum absolute atomic E-state index is 12.5. The Hall–Kier alpha value is 0.300. The predicted molar refractivity (Wildman–Crippen MR) is 38.4 cm³/mol. The van der Waals surface area contributed by atoms with Crippen molar-refractivity contribution in [2.24, 2.45) is 0 Å². The Balaban J connectivity index is 4.40. The molecule has 0 amide bonds. The van der Waals surface area contributed by atoms with Gasteiger partial charge in [-0.1, -0.05) is 17.7 Å². The molecule has 0 unspecified atom stereocenters. The summed E-state index contributed by atoms with van der Waals surface area (Å²) >= 11 is 6.57. The van der Waals surface area contributed by atoms with Gasteiger partial charge < -0.3 is 0 Å². The maximum atomic E-state index is 12.5. The predicted octanol–water partition coefficient (Wildman–Crippen LogP) is 3.45. The van der Waals surface area contributed by atoms with E-state index in [1.54, 1.807) is 0 Å². The third kappa shape index (κ3) is 2.50. The summed E-state index contributed by atoms with van der Waals surface area (Å²) in [5.41, 5.74) is 0. The van der Waals surface area contributed by atoms with E-state index in [1.165, 1.54) is 6.92 Å². The molecule has 0 heterocycles. The minimum atomic E-state index is -3.73. The van der Waals surface area contributed by atoms with Crippen LogP contribution in [0.25, 0.3) is 0 Å². The van der Waals surface area contributed by atoms with E-state index in [0.717, 1.165) is 6.08 Å². The first kappa shape index (κ1) is 10.3. The molecule has 60 valence electrons. The summed E-state index contributed by atoms with van der Waals surface area (Å²) < 4.78 is 36.6. The molecule has 0 bridgehead atoms. The SMILES string of the molecule is C/C=C/[C@](F)(Cl)C(F)(F)Br. The van der Waals surface area contributed by atoms with Crippen LogP contribution in [-0.2, 0) is 0 Å². The molecular formula is C5H5BrClF3. The average Bonchev–Trinajstić information content (AvgIpc) is 1.61. The third-order valence-corrected chi connectivity index (χ3v) is 1.92. The minimum absolute atomic E-state index is 0.573. The lowest BCUT2D eigenvalue weighted by atomic mass is 10.3. The van der Waals surface area contributed by atoms with E-state index in [-0.39, 0.29) is 0 Å². The summed E-state index contributed by atoms with van der Waals surface area (Å²) in [5.74, 6) is 0. The Bertz CT molecular complexity index is 138. The highest BCUT2D eigenvalue weighted by Gasteiger charge is 2.49. The van der Waals surface area contributed by atoms with Gasteiger partial charge in [0, 0.05) is 0 Å². The van der Waals surface area contributed by atoms with Crippen LogP contribution in [0.2, 0.25) is 0 Å². The van der Waals surface area contributed by atoms with Gasteiger partial charge in [-0.2, -0.15) is 8.78 Å². The monoisotopic (exact) mass is 236 g/mol. The van der Waals surface area contributed by atoms with Gasteiger partial charge in [-0.05, 0) is 28.9 Å². The van der Waals surface area contributed by atoms with Gasteiger partial charge in [-0.25, -0.2) is 4.39 Å². The van der Waals surface area contributed by atoms with E-state index in [1.807, 2.05) is 15.9 Å². The van der Waals surface area contributed by atoms with Gasteiger partial charge >= 0.3 is 4.83 Å². The van der Waals surface area contributed by atoms with E-state index in [2.05, 4.69) is 0 Å². The van der Waals surface area contributed by atoms with E-state index < -0.39 is 9.96 Å². The molecule has 0 aromatic carbocycles. The molecular weight excluding hydrogens is 232 g/mol. The van der Waals surface area contributed by atoms with Crippen molar-refractivity contribution in [3.05, 3.63) is 12.2 Å². The summed E-state index contributed by atoms with van der Waals surface area (Å²) in [5, 5.41) is -3.14. The van der Waals surface area contributed by atoms with Crippen LogP contribution in [0, 0.1) is 0 Å². The van der Waals surface area contributed by atoms with Crippen LogP contribution < -0.4 is 0 Å². The zero-order valence-corrected chi connectivity index (χ0v) is 7.39. The van der Waals surface area contributed by atoms with Crippen molar-refractivity contribution < 1.29 is 13.2 Å². The van der Waals surface area contributed by atoms with E-state index >= 15 is 0 Å². The number of hydrogen-bond donors (Lipinski definition) is 0. The molecule has 0 spiro atoms. The molecule has 0 radical (unpaired) electrons. The summed E-state index contributed by atoms with van der Waals surface area (Å²) in [4.78, 5) is -3.73. The van der Waals surface area contributed by atoms with Crippen molar-refractivity contribution in [3.8, 4) is 0 Å². The second-order valence-corrected chi connectivity index (χ2v) is 3.17. The molecule has 0 aliphatic heterocycles. The van der Waals surface area contributed by atoms with Crippen molar-refractivity contribution in [1.29, 1.82) is 0 Å². The number of halogens is 5. The van der Waals surface area contributed by atoms with Gasteiger partial charge in [0.25, 0.3) is 5.13 Å². The van der Waals surface area contributed by atoms with E-state index in [9.17, 15) is 13.2 Å². The Kier molecular flexibility index (Phi) is 3.23. The van der Waals surface area contributed by atoms with Crippen LogP contribution >= 0.6 is 27.5 Å². The number of allylic oxidation sites excluding steroid dienone is 2. The van der Waals surface area contributed by atoms with Gasteiger partial charge in [0.05, 0.1) is 0 Å². The van der Waals surface area contributed by atoms with Crippen LogP contribution in [0.3, 0.4) is 0 Å². The molecule has 0 N–H and O–H groups in total. The van der Waals surface area contributed by atoms with Gasteiger partial charge in [0.15, 0.2) is 0 Å². The Morgan fingerprint density at radius 1 is 1.40 bits per heavy atom. The molecule has 0 aromatic heterocycles. The van der Waals surface area contributed by atoms with Gasteiger partial charge in [-0.3, -0.25) is 0 Å². The third-order valence-electron chi connectivity index (χ3n) is 0.754. The first-order chi connectivity index (χ1) is 4.31. The fraction of sp³-hybridized carbons (Fsp3) is 0.600. The maximum Gasteiger partial charge on any atom is 0.352 e. The first-order valence-corrected chi connectivity index (χ1v) is 3.57. The van der Waals surface area contributed by atoms with E-state index in [4.69, 9.17) is 11.6 Å². The zero-order valence-electron chi connectivity index (χ0n) is 5.04. The molecule has 0 saturated heterocycles. The van der Waals surface area contributed by atoms with Crippen molar-refractivity contribution >= 4 is 27.5 Å². The quantitative estimate of drug-likeness (QED) is 0.510. The number of hydrogen-bond acceptors (Lipinski definition) is 0. The second-order valence-electron chi connectivity index (χ2n) is 1.62. The van der Waals surface area contributed by atoms with Crippen LogP contribution in [0.1, 0.15) is 6.92 Å². The minimum Gasteiger partial charge on any atom is -0.214 e. The Morgan fingerprint density at radius 3 is 1.90 bits per heavy atom. The summed E-state index contributed by atoms with van der Waals surface area (Å²) in [6, 6.07) is 0. The van der Waals surface area contributed by atoms with Gasteiger partial charge in [0.2, 0.25) is 0 Å². The van der Waals surface area contributed by atoms with Crippen molar-refractivity contribution in [2.75, 3.05) is 0 Å². The molecule has 10 heavy (non-hydrogen) atoms. The average molecular weight is 237 g/mol. The molecule has 0 rings (SSSR count). The van der Waals surface area contributed by atoms with Crippen molar-refractivity contribution in [3.63, 3.8) is 0 Å². The lowest BCUT2D eigenvalue weighted by Crippen LogP contribution is -2.31. The number of rotatable bonds is 2. The molecule has 0 fully saturated rings. The topological polar surface area (TPSA) is 0 Å². The standard InChI is InChI=1S/C5H5BrClF3/c1-2-3-4(7,8)5(6,9)10/h2-3H,1H3/b3-2+/t4-/m1/s1. The summed E-state index contributed by atoms with van der Waals surface area (Å²) in [6.45, 7) is 1.40. The lowest BCUT2D eigenvalue weighted by Gasteiger charge is -2.18. The molecule has 1 atom stereocenters. The van der Waals surface area contributed by atoms with Crippen LogP contribution in [0.15, 0.2) is 12.2 Å². The van der Waals surface area contributed by atoms with E-state index in [0.29, 0.717) is 6.08 Å². The highest BCUT2D eigenvalue weighted by Crippen LogP contribution is 2.42. The summed E-state index contributed by atoms with van der Waals surface area (Å²) in [7, 11) is 0. The molecule has 5 heteroatoms. The first-order valence-electron chi connectivity index (χ1n) is 2.39. The second kappa shape index (κ2) is 3.13. The van der Waals surface area contributed by atoms with Gasteiger partial charge in [0.1, 0.15) is 0 Å².